The molecule has 2 heterocycles. The number of aromatic nitrogens is 2. The van der Waals surface area contributed by atoms with Gasteiger partial charge in [-0.25, -0.2) is 0 Å². The quantitative estimate of drug-likeness (QED) is 0.497. The number of carbonyl (C=O) groups excluding carboxylic acids is 2. The van der Waals surface area contributed by atoms with E-state index in [2.05, 4.69) is 46.3 Å². The second-order valence-electron chi connectivity index (χ2n) is 9.51. The normalized spacial score (nSPS) is 15.9. The van der Waals surface area contributed by atoms with E-state index in [4.69, 9.17) is 11.6 Å². The molecule has 2 aromatic carbocycles. The third-order valence-corrected chi connectivity index (χ3v) is 7.16. The van der Waals surface area contributed by atoms with E-state index in [1.165, 1.54) is 5.56 Å². The van der Waals surface area contributed by atoms with Crippen LogP contribution in [0.25, 0.3) is 11.3 Å². The molecule has 3 aromatic rings. The first kappa shape index (κ1) is 24.3. The number of nitrogens with zero attached hydrogens (tertiary/aromatic N) is 5. The standard InChI is InChI=1S/C28H30ClN5O2/c1-20-7-9-21(10-8-20)25-13-14-26(31-30-25)32-15-4-16-33(18-17-32)27(35)19-34(22-11-12-22)28(36)23-5-2-3-6-24(23)29/h2-3,5-10,13-14,22H,4,11-12,15-19H2,1H3. The zero-order valence-corrected chi connectivity index (χ0v) is 21.2. The number of hydrogen-bond acceptors (Lipinski definition) is 5. The van der Waals surface area contributed by atoms with Crippen molar-refractivity contribution in [1.29, 1.82) is 0 Å². The van der Waals surface area contributed by atoms with Crippen LogP contribution in [-0.4, -0.2) is 70.6 Å². The highest BCUT2D eigenvalue weighted by Crippen LogP contribution is 2.30. The first-order valence-electron chi connectivity index (χ1n) is 12.5. The first-order chi connectivity index (χ1) is 17.5. The summed E-state index contributed by atoms with van der Waals surface area (Å²) in [6, 6.07) is 19.4. The Balaban J connectivity index is 1.21. The van der Waals surface area contributed by atoms with Gasteiger partial charge in [0.05, 0.1) is 16.3 Å². The van der Waals surface area contributed by atoms with Gasteiger partial charge in [-0.15, -0.1) is 10.2 Å². The minimum absolute atomic E-state index is 0.0232. The van der Waals surface area contributed by atoms with E-state index < -0.39 is 0 Å². The van der Waals surface area contributed by atoms with Gasteiger partial charge in [-0.1, -0.05) is 53.6 Å². The van der Waals surface area contributed by atoms with Gasteiger partial charge in [0.2, 0.25) is 5.91 Å². The molecule has 1 aliphatic heterocycles. The maximum Gasteiger partial charge on any atom is 0.256 e. The Bertz CT molecular complexity index is 1230. The molecule has 0 N–H and O–H groups in total. The number of carbonyl (C=O) groups is 2. The molecular formula is C28H30ClN5O2. The van der Waals surface area contributed by atoms with E-state index in [9.17, 15) is 9.59 Å². The maximum absolute atomic E-state index is 13.2. The van der Waals surface area contributed by atoms with Crippen molar-refractivity contribution in [3.05, 3.63) is 76.8 Å². The van der Waals surface area contributed by atoms with Gasteiger partial charge < -0.3 is 14.7 Å². The van der Waals surface area contributed by atoms with E-state index in [1.807, 2.05) is 17.0 Å². The van der Waals surface area contributed by atoms with Gasteiger partial charge in [-0.3, -0.25) is 9.59 Å². The summed E-state index contributed by atoms with van der Waals surface area (Å²) < 4.78 is 0. The monoisotopic (exact) mass is 503 g/mol. The van der Waals surface area contributed by atoms with Crippen molar-refractivity contribution in [3.63, 3.8) is 0 Å². The summed E-state index contributed by atoms with van der Waals surface area (Å²) in [5.41, 5.74) is 3.54. The molecule has 1 aliphatic carbocycles. The van der Waals surface area contributed by atoms with Gasteiger partial charge in [-0.2, -0.15) is 0 Å². The average Bonchev–Trinajstić information content (AvgIpc) is 3.75. The number of benzene rings is 2. The Labute approximate surface area is 216 Å². The SMILES string of the molecule is Cc1ccc(-c2ccc(N3CCCN(C(=O)CN(C(=O)c4ccccc4Cl)C4CC4)CC3)nn2)cc1. The van der Waals surface area contributed by atoms with Crippen LogP contribution in [0.15, 0.2) is 60.7 Å². The minimum atomic E-state index is -0.170. The lowest BCUT2D eigenvalue weighted by molar-refractivity contribution is -0.131. The average molecular weight is 504 g/mol. The summed E-state index contributed by atoms with van der Waals surface area (Å²) >= 11 is 6.26. The molecule has 5 rings (SSSR count). The molecule has 36 heavy (non-hydrogen) atoms. The maximum atomic E-state index is 13.2. The predicted octanol–water partition coefficient (Wildman–Crippen LogP) is 4.45. The fourth-order valence-corrected chi connectivity index (χ4v) is 4.77. The van der Waals surface area contributed by atoms with Crippen LogP contribution in [0.5, 0.6) is 0 Å². The van der Waals surface area contributed by atoms with Crippen molar-refractivity contribution in [1.82, 2.24) is 20.0 Å². The van der Waals surface area contributed by atoms with Crippen molar-refractivity contribution < 1.29 is 9.59 Å². The highest BCUT2D eigenvalue weighted by atomic mass is 35.5. The molecule has 2 amide bonds. The molecule has 2 aliphatic rings. The second kappa shape index (κ2) is 10.7. The largest absolute Gasteiger partial charge is 0.353 e. The summed E-state index contributed by atoms with van der Waals surface area (Å²) in [4.78, 5) is 32.1. The van der Waals surface area contributed by atoms with Gasteiger partial charge in [0, 0.05) is 37.8 Å². The summed E-state index contributed by atoms with van der Waals surface area (Å²) in [6.45, 7) is 4.85. The Morgan fingerprint density at radius 1 is 0.944 bits per heavy atom. The second-order valence-corrected chi connectivity index (χ2v) is 9.92. The third kappa shape index (κ3) is 5.51. The van der Waals surface area contributed by atoms with E-state index in [0.29, 0.717) is 30.2 Å². The molecule has 1 aromatic heterocycles. The van der Waals surface area contributed by atoms with Crippen molar-refractivity contribution in [2.45, 2.75) is 32.2 Å². The van der Waals surface area contributed by atoms with Crippen LogP contribution < -0.4 is 4.90 Å². The molecule has 186 valence electrons. The lowest BCUT2D eigenvalue weighted by atomic mass is 10.1. The zero-order chi connectivity index (χ0) is 25.1. The van der Waals surface area contributed by atoms with Gasteiger partial charge in [0.1, 0.15) is 6.54 Å². The van der Waals surface area contributed by atoms with Crippen molar-refractivity contribution in [3.8, 4) is 11.3 Å². The van der Waals surface area contributed by atoms with E-state index in [1.54, 1.807) is 29.2 Å². The zero-order valence-electron chi connectivity index (χ0n) is 20.4. The molecule has 0 bridgehead atoms. The van der Waals surface area contributed by atoms with Gasteiger partial charge in [0.25, 0.3) is 5.91 Å². The summed E-state index contributed by atoms with van der Waals surface area (Å²) in [5.74, 6) is 0.621. The van der Waals surface area contributed by atoms with Crippen LogP contribution in [0.1, 0.15) is 35.2 Å². The molecular weight excluding hydrogens is 474 g/mol. The molecule has 1 saturated heterocycles. The Morgan fingerprint density at radius 2 is 1.72 bits per heavy atom. The topological polar surface area (TPSA) is 69.6 Å². The molecule has 0 atom stereocenters. The van der Waals surface area contributed by atoms with Gasteiger partial charge in [-0.05, 0) is 50.5 Å². The number of amides is 2. The van der Waals surface area contributed by atoms with Crippen LogP contribution in [0, 0.1) is 6.92 Å². The Morgan fingerprint density at radius 3 is 2.42 bits per heavy atom. The smallest absolute Gasteiger partial charge is 0.256 e. The van der Waals surface area contributed by atoms with Crippen LogP contribution in [0.2, 0.25) is 5.02 Å². The highest BCUT2D eigenvalue weighted by Gasteiger charge is 2.36. The number of aryl methyl sites for hydroxylation is 1. The molecule has 8 heteroatoms. The van der Waals surface area contributed by atoms with Crippen molar-refractivity contribution in [2.75, 3.05) is 37.6 Å². The predicted molar refractivity (Wildman–Crippen MR) is 141 cm³/mol. The first-order valence-corrected chi connectivity index (χ1v) is 12.9. The summed E-state index contributed by atoms with van der Waals surface area (Å²) in [7, 11) is 0. The van der Waals surface area contributed by atoms with Crippen molar-refractivity contribution >= 4 is 29.2 Å². The Kier molecular flexibility index (Phi) is 7.18. The molecule has 2 fully saturated rings. The third-order valence-electron chi connectivity index (χ3n) is 6.83. The lowest BCUT2D eigenvalue weighted by Gasteiger charge is -2.27. The summed E-state index contributed by atoms with van der Waals surface area (Å²) in [5, 5.41) is 9.31. The van der Waals surface area contributed by atoms with E-state index in [-0.39, 0.29) is 24.4 Å². The number of halogens is 1. The Hall–Kier alpha value is -3.45. The van der Waals surface area contributed by atoms with Crippen LogP contribution in [0.3, 0.4) is 0 Å². The number of hydrogen-bond donors (Lipinski definition) is 0. The fourth-order valence-electron chi connectivity index (χ4n) is 4.56. The lowest BCUT2D eigenvalue weighted by Crippen LogP contribution is -2.45. The molecule has 1 saturated carbocycles. The highest BCUT2D eigenvalue weighted by molar-refractivity contribution is 6.33. The van der Waals surface area contributed by atoms with Gasteiger partial charge >= 0.3 is 0 Å². The summed E-state index contributed by atoms with van der Waals surface area (Å²) in [6.07, 6.45) is 2.68. The number of anilines is 1. The fraction of sp³-hybridized carbons (Fsp3) is 0.357. The van der Waals surface area contributed by atoms with Crippen LogP contribution in [0.4, 0.5) is 5.82 Å². The molecule has 0 unspecified atom stereocenters. The minimum Gasteiger partial charge on any atom is -0.353 e. The van der Waals surface area contributed by atoms with Gasteiger partial charge in [0.15, 0.2) is 5.82 Å². The van der Waals surface area contributed by atoms with E-state index in [0.717, 1.165) is 42.9 Å². The molecule has 0 spiro atoms. The van der Waals surface area contributed by atoms with E-state index >= 15 is 0 Å². The van der Waals surface area contributed by atoms with Crippen molar-refractivity contribution in [2.24, 2.45) is 0 Å². The van der Waals surface area contributed by atoms with Crippen LogP contribution >= 0.6 is 11.6 Å². The molecule has 0 radical (unpaired) electrons. The van der Waals surface area contributed by atoms with Crippen LogP contribution in [-0.2, 0) is 4.79 Å². The molecule has 7 nitrogen and oxygen atoms in total. The number of rotatable bonds is 6.